The lowest BCUT2D eigenvalue weighted by Gasteiger charge is -2.39. The van der Waals surface area contributed by atoms with E-state index in [1.807, 2.05) is 16.7 Å². The minimum atomic E-state index is -0.281. The number of piperazine rings is 1. The molecule has 0 aromatic carbocycles. The van der Waals surface area contributed by atoms with Gasteiger partial charge in [0.15, 0.2) is 5.13 Å². The number of rotatable bonds is 3. The molecule has 0 bridgehead atoms. The molecule has 28 heavy (non-hydrogen) atoms. The SMILES string of the molecule is CC[C@H]1[C@@H](C(=O)N2CCOCC2)C[C@H]2CN(C(=O)c3csc(N)n3)CC(=O)N21. The molecule has 1 aromatic rings. The van der Waals surface area contributed by atoms with Gasteiger partial charge in [-0.15, -0.1) is 11.3 Å². The van der Waals surface area contributed by atoms with E-state index in [0.717, 1.165) is 6.42 Å². The van der Waals surface area contributed by atoms with E-state index in [0.29, 0.717) is 44.4 Å². The molecular weight excluding hydrogens is 382 g/mol. The Hall–Kier alpha value is -2.20. The number of nitrogen functional groups attached to an aromatic ring is 1. The Bertz CT molecular complexity index is 778. The summed E-state index contributed by atoms with van der Waals surface area (Å²) in [6.07, 6.45) is 1.31. The molecule has 0 unspecified atom stereocenters. The molecule has 4 heterocycles. The fraction of sp³-hybridized carbons (Fsp3) is 0.667. The molecule has 3 fully saturated rings. The number of hydrogen-bond acceptors (Lipinski definition) is 7. The van der Waals surface area contributed by atoms with Gasteiger partial charge in [0.25, 0.3) is 5.91 Å². The molecule has 3 aliphatic rings. The number of aromatic nitrogens is 1. The minimum absolute atomic E-state index is 0.0156. The van der Waals surface area contributed by atoms with Crippen LogP contribution < -0.4 is 5.73 Å². The maximum atomic E-state index is 13.1. The molecule has 3 aliphatic heterocycles. The van der Waals surface area contributed by atoms with E-state index in [1.165, 1.54) is 16.2 Å². The highest BCUT2D eigenvalue weighted by Gasteiger charge is 2.50. The average molecular weight is 407 g/mol. The zero-order valence-electron chi connectivity index (χ0n) is 15.9. The van der Waals surface area contributed by atoms with Gasteiger partial charge in [-0.05, 0) is 12.8 Å². The molecule has 2 N–H and O–H groups in total. The van der Waals surface area contributed by atoms with Gasteiger partial charge >= 0.3 is 0 Å². The van der Waals surface area contributed by atoms with Gasteiger partial charge in [0.05, 0.1) is 25.2 Å². The van der Waals surface area contributed by atoms with Crippen molar-refractivity contribution in [1.82, 2.24) is 19.7 Å². The predicted molar refractivity (Wildman–Crippen MR) is 103 cm³/mol. The smallest absolute Gasteiger partial charge is 0.273 e. The highest BCUT2D eigenvalue weighted by atomic mass is 32.1. The summed E-state index contributed by atoms with van der Waals surface area (Å²) in [6, 6.07) is -0.249. The molecule has 0 aliphatic carbocycles. The molecule has 1 aromatic heterocycles. The third-order valence-corrected chi connectivity index (χ3v) is 6.55. The third kappa shape index (κ3) is 3.35. The number of carbonyl (C=O) groups is 3. The van der Waals surface area contributed by atoms with Gasteiger partial charge in [0.1, 0.15) is 12.2 Å². The van der Waals surface area contributed by atoms with Gasteiger partial charge < -0.3 is 25.2 Å². The molecule has 3 atom stereocenters. The number of hydrogen-bond donors (Lipinski definition) is 1. The maximum absolute atomic E-state index is 13.1. The van der Waals surface area contributed by atoms with Crippen LogP contribution in [0.2, 0.25) is 0 Å². The van der Waals surface area contributed by atoms with Crippen LogP contribution >= 0.6 is 11.3 Å². The first-order chi connectivity index (χ1) is 13.5. The quantitative estimate of drug-likeness (QED) is 0.758. The number of anilines is 1. The van der Waals surface area contributed by atoms with Crippen molar-refractivity contribution in [1.29, 1.82) is 0 Å². The molecule has 0 spiro atoms. The standard InChI is InChI=1S/C18H25N5O4S/c1-2-14-12(16(25)21-3-5-27-6-4-21)7-11-8-22(9-15(24)23(11)14)17(26)13-10-28-18(19)20-13/h10-12,14H,2-9H2,1H3,(H2,19,20)/t11-,12-,14-/m0/s1. The third-order valence-electron chi connectivity index (χ3n) is 5.87. The van der Waals surface area contributed by atoms with Crippen molar-refractivity contribution in [2.45, 2.75) is 31.8 Å². The summed E-state index contributed by atoms with van der Waals surface area (Å²) >= 11 is 1.20. The lowest BCUT2D eigenvalue weighted by molar-refractivity contribution is -0.143. The van der Waals surface area contributed by atoms with Crippen LogP contribution in [0.1, 0.15) is 30.3 Å². The number of thiazole rings is 1. The van der Waals surface area contributed by atoms with Crippen molar-refractivity contribution in [3.63, 3.8) is 0 Å². The number of fused-ring (bicyclic) bond motifs is 1. The van der Waals surface area contributed by atoms with E-state index in [-0.39, 0.29) is 48.0 Å². The zero-order valence-corrected chi connectivity index (χ0v) is 16.7. The molecule has 10 heteroatoms. The van der Waals surface area contributed by atoms with Crippen molar-refractivity contribution in [2.24, 2.45) is 5.92 Å². The average Bonchev–Trinajstić information content (AvgIpc) is 3.31. The van der Waals surface area contributed by atoms with Crippen LogP contribution in [-0.2, 0) is 14.3 Å². The van der Waals surface area contributed by atoms with Crippen LogP contribution in [0.3, 0.4) is 0 Å². The Morgan fingerprint density at radius 3 is 2.71 bits per heavy atom. The summed E-state index contributed by atoms with van der Waals surface area (Å²) < 4.78 is 5.34. The largest absolute Gasteiger partial charge is 0.378 e. The van der Waals surface area contributed by atoms with Gasteiger partial charge in [-0.1, -0.05) is 6.92 Å². The van der Waals surface area contributed by atoms with Gasteiger partial charge in [0, 0.05) is 31.1 Å². The van der Waals surface area contributed by atoms with E-state index in [4.69, 9.17) is 10.5 Å². The van der Waals surface area contributed by atoms with Crippen LogP contribution in [0.15, 0.2) is 5.38 Å². The summed E-state index contributed by atoms with van der Waals surface area (Å²) in [5.74, 6) is -0.501. The van der Waals surface area contributed by atoms with Crippen LogP contribution in [-0.4, -0.2) is 88.9 Å². The Morgan fingerprint density at radius 2 is 2.07 bits per heavy atom. The second kappa shape index (κ2) is 7.67. The summed E-state index contributed by atoms with van der Waals surface area (Å²) in [5.41, 5.74) is 5.90. The number of carbonyl (C=O) groups excluding carboxylic acids is 3. The molecule has 0 radical (unpaired) electrons. The highest BCUT2D eigenvalue weighted by molar-refractivity contribution is 7.13. The summed E-state index contributed by atoms with van der Waals surface area (Å²) in [4.78, 5) is 48.0. The van der Waals surface area contributed by atoms with Crippen molar-refractivity contribution in [2.75, 3.05) is 45.1 Å². The molecule has 0 saturated carbocycles. The zero-order chi connectivity index (χ0) is 19.8. The van der Waals surface area contributed by atoms with Gasteiger partial charge in [-0.25, -0.2) is 4.98 Å². The second-order valence-corrected chi connectivity index (χ2v) is 8.36. The highest BCUT2D eigenvalue weighted by Crippen LogP contribution is 2.36. The first kappa shape index (κ1) is 19.1. The Kier molecular flexibility index (Phi) is 5.24. The molecule has 4 rings (SSSR count). The molecular formula is C18H25N5O4S. The van der Waals surface area contributed by atoms with Crippen LogP contribution in [0.5, 0.6) is 0 Å². The molecule has 9 nitrogen and oxygen atoms in total. The molecule has 3 amide bonds. The predicted octanol–water partition coefficient (Wildman–Crippen LogP) is 0.0356. The van der Waals surface area contributed by atoms with E-state index in [2.05, 4.69) is 4.98 Å². The lowest BCUT2D eigenvalue weighted by Crippen LogP contribution is -2.57. The Balaban J connectivity index is 1.50. The maximum Gasteiger partial charge on any atom is 0.273 e. The van der Waals surface area contributed by atoms with Gasteiger partial charge in [-0.2, -0.15) is 0 Å². The second-order valence-electron chi connectivity index (χ2n) is 7.47. The molecule has 3 saturated heterocycles. The summed E-state index contributed by atoms with van der Waals surface area (Å²) in [7, 11) is 0. The minimum Gasteiger partial charge on any atom is -0.378 e. The lowest BCUT2D eigenvalue weighted by atomic mass is 9.95. The van der Waals surface area contributed by atoms with Crippen LogP contribution in [0.4, 0.5) is 5.13 Å². The van der Waals surface area contributed by atoms with Gasteiger partial charge in [0.2, 0.25) is 11.8 Å². The van der Waals surface area contributed by atoms with Crippen molar-refractivity contribution >= 4 is 34.2 Å². The number of amides is 3. The summed E-state index contributed by atoms with van der Waals surface area (Å²) in [5, 5.41) is 1.94. The Morgan fingerprint density at radius 1 is 1.32 bits per heavy atom. The monoisotopic (exact) mass is 407 g/mol. The van der Waals surface area contributed by atoms with Crippen molar-refractivity contribution in [3.05, 3.63) is 11.1 Å². The number of nitrogens with zero attached hydrogens (tertiary/aromatic N) is 4. The first-order valence-electron chi connectivity index (χ1n) is 9.67. The number of nitrogens with two attached hydrogens (primary N) is 1. The van der Waals surface area contributed by atoms with E-state index in [9.17, 15) is 14.4 Å². The normalized spacial score (nSPS) is 27.8. The fourth-order valence-corrected chi connectivity index (χ4v) is 5.15. The fourth-order valence-electron chi connectivity index (χ4n) is 4.61. The van der Waals surface area contributed by atoms with Crippen molar-refractivity contribution in [3.8, 4) is 0 Å². The molecule has 152 valence electrons. The number of morpholine rings is 1. The van der Waals surface area contributed by atoms with E-state index < -0.39 is 0 Å². The number of ether oxygens (including phenoxy) is 1. The topological polar surface area (TPSA) is 109 Å². The van der Waals surface area contributed by atoms with Crippen LogP contribution in [0.25, 0.3) is 0 Å². The van der Waals surface area contributed by atoms with Gasteiger partial charge in [-0.3, -0.25) is 14.4 Å². The van der Waals surface area contributed by atoms with Crippen molar-refractivity contribution < 1.29 is 19.1 Å². The first-order valence-corrected chi connectivity index (χ1v) is 10.6. The Labute approximate surface area is 167 Å². The van der Waals surface area contributed by atoms with E-state index >= 15 is 0 Å². The van der Waals surface area contributed by atoms with E-state index in [1.54, 1.807) is 5.38 Å². The van der Waals surface area contributed by atoms with Crippen LogP contribution in [0, 0.1) is 5.92 Å². The summed E-state index contributed by atoms with van der Waals surface area (Å²) in [6.45, 7) is 4.75.